The Morgan fingerprint density at radius 2 is 1.85 bits per heavy atom. The van der Waals surface area contributed by atoms with Gasteiger partial charge in [-0.25, -0.2) is 0 Å². The Bertz CT molecular complexity index is 106. The molecule has 2 unspecified atom stereocenters. The van der Waals surface area contributed by atoms with Crippen molar-refractivity contribution >= 4 is 11.6 Å². The average Bonchev–Trinajstić information content (AvgIpc) is 2.16. The first-order valence-electron chi connectivity index (χ1n) is 5.51. The topological polar surface area (TPSA) is 12.0 Å². The highest BCUT2D eigenvalue weighted by molar-refractivity contribution is 6.17. The van der Waals surface area contributed by atoms with E-state index in [9.17, 15) is 0 Å². The maximum absolute atomic E-state index is 5.72. The maximum Gasteiger partial charge on any atom is 0.0226 e. The van der Waals surface area contributed by atoms with Gasteiger partial charge in [0, 0.05) is 5.88 Å². The van der Waals surface area contributed by atoms with Crippen LogP contribution in [0.1, 0.15) is 40.0 Å². The average molecular weight is 206 g/mol. The summed E-state index contributed by atoms with van der Waals surface area (Å²) in [4.78, 5) is 0. The lowest BCUT2D eigenvalue weighted by atomic mass is 10.0. The van der Waals surface area contributed by atoms with Crippen LogP contribution in [0.25, 0.3) is 0 Å². The van der Waals surface area contributed by atoms with Crippen molar-refractivity contribution in [2.75, 3.05) is 19.0 Å². The molecule has 0 aromatic carbocycles. The zero-order valence-corrected chi connectivity index (χ0v) is 10.0. The van der Waals surface area contributed by atoms with Gasteiger partial charge in [-0.3, -0.25) is 0 Å². The highest BCUT2D eigenvalue weighted by atomic mass is 35.5. The molecule has 2 heteroatoms. The highest BCUT2D eigenvalue weighted by Crippen LogP contribution is 2.08. The van der Waals surface area contributed by atoms with Gasteiger partial charge in [0.1, 0.15) is 0 Å². The van der Waals surface area contributed by atoms with Crippen molar-refractivity contribution in [1.82, 2.24) is 5.32 Å². The molecule has 13 heavy (non-hydrogen) atoms. The van der Waals surface area contributed by atoms with E-state index in [0.29, 0.717) is 0 Å². The summed E-state index contributed by atoms with van der Waals surface area (Å²) in [5.74, 6) is 2.36. The van der Waals surface area contributed by atoms with E-state index in [2.05, 4.69) is 26.1 Å². The van der Waals surface area contributed by atoms with Gasteiger partial charge in [0.05, 0.1) is 0 Å². The van der Waals surface area contributed by atoms with E-state index >= 15 is 0 Å². The molecule has 0 bridgehead atoms. The molecule has 80 valence electrons. The van der Waals surface area contributed by atoms with Crippen LogP contribution in [0.2, 0.25) is 0 Å². The van der Waals surface area contributed by atoms with E-state index in [4.69, 9.17) is 11.6 Å². The molecule has 0 aromatic rings. The Morgan fingerprint density at radius 3 is 2.31 bits per heavy atom. The van der Waals surface area contributed by atoms with Gasteiger partial charge < -0.3 is 5.32 Å². The summed E-state index contributed by atoms with van der Waals surface area (Å²) in [5.41, 5.74) is 0. The highest BCUT2D eigenvalue weighted by Gasteiger charge is 2.05. The molecule has 0 rings (SSSR count). The Kier molecular flexibility index (Phi) is 9.00. The number of halogens is 1. The van der Waals surface area contributed by atoms with Crippen LogP contribution >= 0.6 is 11.6 Å². The van der Waals surface area contributed by atoms with Crippen LogP contribution in [-0.4, -0.2) is 19.0 Å². The predicted molar refractivity (Wildman–Crippen MR) is 61.4 cm³/mol. The lowest BCUT2D eigenvalue weighted by Gasteiger charge is -2.16. The molecule has 2 atom stereocenters. The van der Waals surface area contributed by atoms with Crippen molar-refractivity contribution in [1.29, 1.82) is 0 Å². The number of hydrogen-bond acceptors (Lipinski definition) is 1. The minimum atomic E-state index is 0.765. The van der Waals surface area contributed by atoms with Crippen molar-refractivity contribution in [3.63, 3.8) is 0 Å². The van der Waals surface area contributed by atoms with Gasteiger partial charge >= 0.3 is 0 Å². The van der Waals surface area contributed by atoms with Gasteiger partial charge in [-0.15, -0.1) is 11.6 Å². The summed E-state index contributed by atoms with van der Waals surface area (Å²) in [5, 5.41) is 3.51. The summed E-state index contributed by atoms with van der Waals surface area (Å²) in [6, 6.07) is 0. The molecule has 0 heterocycles. The molecule has 0 spiro atoms. The van der Waals surface area contributed by atoms with E-state index < -0.39 is 0 Å². The first kappa shape index (κ1) is 13.2. The van der Waals surface area contributed by atoms with E-state index in [0.717, 1.165) is 37.2 Å². The van der Waals surface area contributed by atoms with Crippen LogP contribution in [0.5, 0.6) is 0 Å². The van der Waals surface area contributed by atoms with Gasteiger partial charge in [-0.1, -0.05) is 33.6 Å². The first-order valence-corrected chi connectivity index (χ1v) is 6.04. The van der Waals surface area contributed by atoms with Crippen LogP contribution in [0.4, 0.5) is 0 Å². The van der Waals surface area contributed by atoms with Crippen molar-refractivity contribution in [2.24, 2.45) is 11.8 Å². The first-order chi connectivity index (χ1) is 6.24. The summed E-state index contributed by atoms with van der Waals surface area (Å²) in [6.45, 7) is 9.04. The third-order valence-electron chi connectivity index (χ3n) is 2.72. The van der Waals surface area contributed by atoms with Gasteiger partial charge in [0.25, 0.3) is 0 Å². The number of nitrogens with one attached hydrogen (secondary N) is 1. The van der Waals surface area contributed by atoms with Crippen LogP contribution < -0.4 is 5.32 Å². The van der Waals surface area contributed by atoms with Crippen molar-refractivity contribution in [3.05, 3.63) is 0 Å². The number of rotatable bonds is 8. The van der Waals surface area contributed by atoms with Crippen LogP contribution in [0.3, 0.4) is 0 Å². The fraction of sp³-hybridized carbons (Fsp3) is 1.00. The Labute approximate surface area is 88.2 Å². The summed E-state index contributed by atoms with van der Waals surface area (Å²) in [6.07, 6.45) is 3.64. The Hall–Kier alpha value is 0.250. The molecule has 0 radical (unpaired) electrons. The summed E-state index contributed by atoms with van der Waals surface area (Å²) >= 11 is 5.72. The molecule has 0 aliphatic heterocycles. The number of hydrogen-bond donors (Lipinski definition) is 1. The molecule has 0 saturated heterocycles. The quantitative estimate of drug-likeness (QED) is 0.600. The molecule has 1 nitrogen and oxygen atoms in total. The Morgan fingerprint density at radius 1 is 1.15 bits per heavy atom. The largest absolute Gasteiger partial charge is 0.316 e. The van der Waals surface area contributed by atoms with E-state index in [1.54, 1.807) is 0 Å². The monoisotopic (exact) mass is 205 g/mol. The molecule has 0 aliphatic rings. The molecular weight excluding hydrogens is 182 g/mol. The van der Waals surface area contributed by atoms with Gasteiger partial charge in [0.15, 0.2) is 0 Å². The third kappa shape index (κ3) is 7.33. The van der Waals surface area contributed by atoms with Crippen molar-refractivity contribution in [2.45, 2.75) is 40.0 Å². The van der Waals surface area contributed by atoms with Gasteiger partial charge in [0.2, 0.25) is 0 Å². The normalized spacial score (nSPS) is 15.7. The standard InChI is InChI=1S/C11H24ClN/c1-4-10(3)8-13-9-11(5-2)6-7-12/h10-11,13H,4-9H2,1-3H3. The summed E-state index contributed by atoms with van der Waals surface area (Å²) in [7, 11) is 0. The predicted octanol–water partition coefficient (Wildman–Crippen LogP) is 3.28. The Balaban J connectivity index is 3.37. The second-order valence-electron chi connectivity index (χ2n) is 3.92. The fourth-order valence-electron chi connectivity index (χ4n) is 1.28. The van der Waals surface area contributed by atoms with Crippen LogP contribution in [0, 0.1) is 11.8 Å². The van der Waals surface area contributed by atoms with Crippen molar-refractivity contribution in [3.8, 4) is 0 Å². The molecule has 0 aromatic heterocycles. The van der Waals surface area contributed by atoms with Crippen LogP contribution in [0.15, 0.2) is 0 Å². The molecule has 1 N–H and O–H groups in total. The zero-order chi connectivity index (χ0) is 10.1. The number of alkyl halides is 1. The van der Waals surface area contributed by atoms with Gasteiger partial charge in [-0.2, -0.15) is 0 Å². The maximum atomic E-state index is 5.72. The van der Waals surface area contributed by atoms with Gasteiger partial charge in [-0.05, 0) is 31.3 Å². The molecule has 0 amide bonds. The van der Waals surface area contributed by atoms with Crippen molar-refractivity contribution < 1.29 is 0 Å². The lowest BCUT2D eigenvalue weighted by molar-refractivity contribution is 0.418. The van der Waals surface area contributed by atoms with Crippen LogP contribution in [-0.2, 0) is 0 Å². The molecule has 0 fully saturated rings. The second kappa shape index (κ2) is 8.83. The fourth-order valence-corrected chi connectivity index (χ4v) is 1.59. The molecule has 0 saturated carbocycles. The minimum absolute atomic E-state index is 0.765. The smallest absolute Gasteiger partial charge is 0.0226 e. The van der Waals surface area contributed by atoms with E-state index in [1.807, 2.05) is 0 Å². The molecular formula is C11H24ClN. The SMILES string of the molecule is CCC(C)CNCC(CC)CCCl. The second-order valence-corrected chi connectivity index (χ2v) is 4.30. The lowest BCUT2D eigenvalue weighted by Crippen LogP contribution is -2.27. The zero-order valence-electron chi connectivity index (χ0n) is 9.28. The summed E-state index contributed by atoms with van der Waals surface area (Å²) < 4.78 is 0. The van der Waals surface area contributed by atoms with E-state index in [1.165, 1.54) is 12.8 Å². The molecule has 0 aliphatic carbocycles. The third-order valence-corrected chi connectivity index (χ3v) is 2.94. The van der Waals surface area contributed by atoms with E-state index in [-0.39, 0.29) is 0 Å². The minimum Gasteiger partial charge on any atom is -0.316 e.